The minimum atomic E-state index is -0.251. The van der Waals surface area contributed by atoms with E-state index in [0.717, 1.165) is 22.7 Å². The Bertz CT molecular complexity index is 634. The first kappa shape index (κ1) is 14.4. The standard InChI is InChI=1S/C15H20FN3O/c1-10-12-8-11(16)6-7-13(12)20-14(10)9-17-15(18(2)3)19(4)5/h6-8H,9H2,1-5H3. The molecule has 0 aliphatic carbocycles. The third kappa shape index (κ3) is 2.76. The zero-order valence-electron chi connectivity index (χ0n) is 12.6. The van der Waals surface area contributed by atoms with E-state index in [0.29, 0.717) is 12.1 Å². The Labute approximate surface area is 118 Å². The first-order valence-corrected chi connectivity index (χ1v) is 6.46. The van der Waals surface area contributed by atoms with Gasteiger partial charge in [0.15, 0.2) is 5.96 Å². The van der Waals surface area contributed by atoms with E-state index < -0.39 is 0 Å². The highest BCUT2D eigenvalue weighted by Crippen LogP contribution is 2.26. The second-order valence-corrected chi connectivity index (χ2v) is 5.20. The van der Waals surface area contributed by atoms with Crippen molar-refractivity contribution in [1.29, 1.82) is 0 Å². The number of furan rings is 1. The molecule has 0 amide bonds. The van der Waals surface area contributed by atoms with Crippen molar-refractivity contribution in [3.05, 3.63) is 35.3 Å². The molecule has 0 bridgehead atoms. The molecule has 0 radical (unpaired) electrons. The predicted octanol–water partition coefficient (Wildman–Crippen LogP) is 2.86. The van der Waals surface area contributed by atoms with Crippen LogP contribution in [0.25, 0.3) is 11.0 Å². The number of hydrogen-bond acceptors (Lipinski definition) is 2. The van der Waals surface area contributed by atoms with Crippen molar-refractivity contribution in [2.75, 3.05) is 28.2 Å². The number of hydrogen-bond donors (Lipinski definition) is 0. The quantitative estimate of drug-likeness (QED) is 0.625. The van der Waals surface area contributed by atoms with Crippen LogP contribution in [0, 0.1) is 12.7 Å². The van der Waals surface area contributed by atoms with Gasteiger partial charge in [-0.05, 0) is 25.1 Å². The van der Waals surface area contributed by atoms with Crippen molar-refractivity contribution in [3.8, 4) is 0 Å². The zero-order chi connectivity index (χ0) is 14.9. The van der Waals surface area contributed by atoms with Crippen molar-refractivity contribution in [2.24, 2.45) is 4.99 Å². The number of aryl methyl sites for hydroxylation is 1. The molecule has 0 spiro atoms. The summed E-state index contributed by atoms with van der Waals surface area (Å²) in [6.45, 7) is 2.37. The molecular weight excluding hydrogens is 257 g/mol. The summed E-state index contributed by atoms with van der Waals surface area (Å²) in [5, 5.41) is 0.812. The van der Waals surface area contributed by atoms with Crippen molar-refractivity contribution in [1.82, 2.24) is 9.80 Å². The Morgan fingerprint density at radius 3 is 2.45 bits per heavy atom. The predicted molar refractivity (Wildman–Crippen MR) is 79.4 cm³/mol. The first-order chi connectivity index (χ1) is 9.40. The molecule has 0 unspecified atom stereocenters. The van der Waals surface area contributed by atoms with Crippen molar-refractivity contribution >= 4 is 16.9 Å². The Kier molecular flexibility index (Phi) is 3.97. The Hall–Kier alpha value is -2.04. The highest BCUT2D eigenvalue weighted by atomic mass is 19.1. The molecule has 2 aromatic rings. The molecule has 5 heteroatoms. The molecule has 108 valence electrons. The zero-order valence-corrected chi connectivity index (χ0v) is 12.6. The molecule has 0 saturated carbocycles. The van der Waals surface area contributed by atoms with E-state index in [-0.39, 0.29) is 5.82 Å². The van der Waals surface area contributed by atoms with Gasteiger partial charge in [0, 0.05) is 39.1 Å². The summed E-state index contributed by atoms with van der Waals surface area (Å²) in [5.41, 5.74) is 1.64. The van der Waals surface area contributed by atoms with Gasteiger partial charge in [-0.3, -0.25) is 0 Å². The maximum Gasteiger partial charge on any atom is 0.195 e. The number of rotatable bonds is 2. The van der Waals surface area contributed by atoms with Gasteiger partial charge in [-0.1, -0.05) is 0 Å². The summed E-state index contributed by atoms with van der Waals surface area (Å²) in [7, 11) is 7.78. The number of halogens is 1. The molecular formula is C15H20FN3O. The van der Waals surface area contributed by atoms with E-state index in [2.05, 4.69) is 4.99 Å². The van der Waals surface area contributed by atoms with Gasteiger partial charge in [-0.25, -0.2) is 9.38 Å². The molecule has 1 aromatic heterocycles. The van der Waals surface area contributed by atoms with Crippen LogP contribution < -0.4 is 0 Å². The van der Waals surface area contributed by atoms with E-state index >= 15 is 0 Å². The summed E-state index contributed by atoms with van der Waals surface area (Å²) < 4.78 is 19.0. The average Bonchev–Trinajstić information content (AvgIpc) is 2.66. The summed E-state index contributed by atoms with van der Waals surface area (Å²) in [5.74, 6) is 1.38. The Morgan fingerprint density at radius 2 is 1.85 bits per heavy atom. The summed E-state index contributed by atoms with van der Waals surface area (Å²) in [4.78, 5) is 8.44. The molecule has 0 fully saturated rings. The largest absolute Gasteiger partial charge is 0.459 e. The Balaban J connectivity index is 2.35. The molecule has 0 aliphatic rings. The first-order valence-electron chi connectivity index (χ1n) is 6.46. The number of benzene rings is 1. The van der Waals surface area contributed by atoms with Gasteiger partial charge < -0.3 is 14.2 Å². The summed E-state index contributed by atoms with van der Waals surface area (Å²) in [6.07, 6.45) is 0. The van der Waals surface area contributed by atoms with Crippen LogP contribution in [0.1, 0.15) is 11.3 Å². The van der Waals surface area contributed by atoms with Gasteiger partial charge in [0.2, 0.25) is 0 Å². The second-order valence-electron chi connectivity index (χ2n) is 5.20. The van der Waals surface area contributed by atoms with E-state index in [1.807, 2.05) is 44.9 Å². The lowest BCUT2D eigenvalue weighted by Crippen LogP contribution is -2.35. The molecule has 0 N–H and O–H groups in total. The van der Waals surface area contributed by atoms with Crippen LogP contribution >= 0.6 is 0 Å². The molecule has 0 aliphatic heterocycles. The molecule has 1 heterocycles. The lowest BCUT2D eigenvalue weighted by molar-refractivity contribution is 0.473. The van der Waals surface area contributed by atoms with E-state index in [4.69, 9.17) is 4.42 Å². The highest BCUT2D eigenvalue weighted by Gasteiger charge is 2.12. The van der Waals surface area contributed by atoms with Crippen LogP contribution in [0.4, 0.5) is 4.39 Å². The Morgan fingerprint density at radius 1 is 1.20 bits per heavy atom. The smallest absolute Gasteiger partial charge is 0.195 e. The minimum absolute atomic E-state index is 0.251. The van der Waals surface area contributed by atoms with Crippen LogP contribution in [0.3, 0.4) is 0 Å². The van der Waals surface area contributed by atoms with Crippen molar-refractivity contribution < 1.29 is 8.81 Å². The fraction of sp³-hybridized carbons (Fsp3) is 0.400. The fourth-order valence-corrected chi connectivity index (χ4v) is 2.22. The van der Waals surface area contributed by atoms with Crippen LogP contribution in [-0.2, 0) is 6.54 Å². The number of nitrogens with zero attached hydrogens (tertiary/aromatic N) is 3. The van der Waals surface area contributed by atoms with Crippen molar-refractivity contribution in [2.45, 2.75) is 13.5 Å². The van der Waals surface area contributed by atoms with Gasteiger partial charge in [-0.2, -0.15) is 0 Å². The third-order valence-electron chi connectivity index (χ3n) is 3.16. The van der Waals surface area contributed by atoms with Crippen LogP contribution in [0.2, 0.25) is 0 Å². The molecule has 0 saturated heterocycles. The maximum atomic E-state index is 13.3. The second kappa shape index (κ2) is 5.53. The maximum absolute atomic E-state index is 13.3. The van der Waals surface area contributed by atoms with Crippen LogP contribution in [0.15, 0.2) is 27.6 Å². The monoisotopic (exact) mass is 277 g/mol. The van der Waals surface area contributed by atoms with Crippen molar-refractivity contribution in [3.63, 3.8) is 0 Å². The van der Waals surface area contributed by atoms with Gasteiger partial charge in [0.1, 0.15) is 23.7 Å². The van der Waals surface area contributed by atoms with Gasteiger partial charge in [0.25, 0.3) is 0 Å². The summed E-state index contributed by atoms with van der Waals surface area (Å²) in [6, 6.07) is 4.56. The molecule has 4 nitrogen and oxygen atoms in total. The number of fused-ring (bicyclic) bond motifs is 1. The van der Waals surface area contributed by atoms with Crippen LogP contribution in [0.5, 0.6) is 0 Å². The number of aliphatic imine (C=N–C) groups is 1. The van der Waals surface area contributed by atoms with Gasteiger partial charge >= 0.3 is 0 Å². The van der Waals surface area contributed by atoms with Crippen LogP contribution in [-0.4, -0.2) is 44.0 Å². The lowest BCUT2D eigenvalue weighted by atomic mass is 10.1. The molecule has 1 aromatic carbocycles. The normalized spacial score (nSPS) is 10.7. The van der Waals surface area contributed by atoms with E-state index in [1.54, 1.807) is 6.07 Å². The highest BCUT2D eigenvalue weighted by molar-refractivity contribution is 5.82. The molecule has 0 atom stereocenters. The lowest BCUT2D eigenvalue weighted by Gasteiger charge is -2.22. The topological polar surface area (TPSA) is 32.0 Å². The SMILES string of the molecule is Cc1c(CN=C(N(C)C)N(C)C)oc2ccc(F)cc12. The summed E-state index contributed by atoms with van der Waals surface area (Å²) >= 11 is 0. The van der Waals surface area contributed by atoms with Gasteiger partial charge in [-0.15, -0.1) is 0 Å². The fourth-order valence-electron chi connectivity index (χ4n) is 2.22. The molecule has 20 heavy (non-hydrogen) atoms. The van der Waals surface area contributed by atoms with E-state index in [1.165, 1.54) is 12.1 Å². The average molecular weight is 277 g/mol. The number of guanidine groups is 1. The van der Waals surface area contributed by atoms with E-state index in [9.17, 15) is 4.39 Å². The molecule has 2 rings (SSSR count). The van der Waals surface area contributed by atoms with Gasteiger partial charge in [0.05, 0.1) is 0 Å². The third-order valence-corrected chi connectivity index (χ3v) is 3.16. The minimum Gasteiger partial charge on any atom is -0.459 e.